The first kappa shape index (κ1) is 6.86. The molecule has 3 nitrogen and oxygen atoms in total. The van der Waals surface area contributed by atoms with Crippen molar-refractivity contribution < 1.29 is 0 Å². The Labute approximate surface area is 70.1 Å². The lowest BCUT2D eigenvalue weighted by Crippen LogP contribution is -1.81. The maximum atomic E-state index is 6.82. The molecule has 12 heavy (non-hydrogen) atoms. The van der Waals surface area contributed by atoms with E-state index >= 15 is 0 Å². The van der Waals surface area contributed by atoms with Crippen LogP contribution in [0.5, 0.6) is 0 Å². The molecule has 0 saturated carbocycles. The van der Waals surface area contributed by atoms with Crippen LogP contribution in [-0.2, 0) is 7.05 Å². The first-order valence-corrected chi connectivity index (χ1v) is 3.60. The molecule has 0 unspecified atom stereocenters. The number of hydrogen-bond acceptors (Lipinski definition) is 1. The monoisotopic (exact) mass is 157 g/mol. The number of rotatable bonds is 0. The van der Waals surface area contributed by atoms with Crippen molar-refractivity contribution in [1.82, 2.24) is 9.55 Å². The zero-order valence-electron chi connectivity index (χ0n) is 6.65. The normalized spacial score (nSPS) is 10.0. The number of hydrogen-bond donors (Lipinski definition) is 0. The Morgan fingerprint density at radius 2 is 2.33 bits per heavy atom. The third kappa shape index (κ3) is 0.857. The van der Waals surface area contributed by atoms with Crippen molar-refractivity contribution in [3.8, 4) is 0 Å². The summed E-state index contributed by atoms with van der Waals surface area (Å²) in [5.74, 6) is 0. The largest absolute Gasteiger partial charge is 0.334 e. The van der Waals surface area contributed by atoms with E-state index in [1.54, 1.807) is 18.5 Å². The van der Waals surface area contributed by atoms with Crippen LogP contribution in [0.4, 0.5) is 5.69 Å². The summed E-state index contributed by atoms with van der Waals surface area (Å²) in [5, 5.41) is 0. The van der Waals surface area contributed by atoms with Gasteiger partial charge in [-0.25, -0.2) is 9.83 Å². The predicted octanol–water partition coefficient (Wildman–Crippen LogP) is 2.12. The van der Waals surface area contributed by atoms with Crippen molar-refractivity contribution in [3.05, 3.63) is 35.9 Å². The van der Waals surface area contributed by atoms with Gasteiger partial charge in [0, 0.05) is 7.05 Å². The minimum atomic E-state index is 0.640. The van der Waals surface area contributed by atoms with E-state index in [0.29, 0.717) is 5.69 Å². The number of nitrogens with zero attached hydrogens (tertiary/aromatic N) is 3. The number of imidazole rings is 1. The molecule has 0 aliphatic carbocycles. The maximum Gasteiger partial charge on any atom is 0.189 e. The highest BCUT2D eigenvalue weighted by atomic mass is 15.0. The summed E-state index contributed by atoms with van der Waals surface area (Å²) in [5.41, 5.74) is 2.58. The molecule has 0 fully saturated rings. The summed E-state index contributed by atoms with van der Waals surface area (Å²) in [6.45, 7) is 6.82. The van der Waals surface area contributed by atoms with Crippen LogP contribution < -0.4 is 0 Å². The van der Waals surface area contributed by atoms with Crippen LogP contribution in [0, 0.1) is 6.57 Å². The van der Waals surface area contributed by atoms with E-state index in [-0.39, 0.29) is 0 Å². The Morgan fingerprint density at radius 1 is 1.50 bits per heavy atom. The standard InChI is InChI=1S/C9H7N3/c1-10-7-3-4-9-8(5-7)11-6-12(9)2/h3-6H,2H3. The van der Waals surface area contributed by atoms with Gasteiger partial charge in [-0.1, -0.05) is 6.07 Å². The molecule has 0 aliphatic rings. The van der Waals surface area contributed by atoms with E-state index in [9.17, 15) is 0 Å². The first-order valence-electron chi connectivity index (χ1n) is 3.60. The lowest BCUT2D eigenvalue weighted by atomic mass is 10.3. The van der Waals surface area contributed by atoms with Crippen LogP contribution in [0.2, 0.25) is 0 Å². The van der Waals surface area contributed by atoms with Gasteiger partial charge in [-0.15, -0.1) is 0 Å². The maximum absolute atomic E-state index is 6.82. The van der Waals surface area contributed by atoms with E-state index in [1.165, 1.54) is 0 Å². The Morgan fingerprint density at radius 3 is 3.08 bits per heavy atom. The van der Waals surface area contributed by atoms with E-state index < -0.39 is 0 Å². The molecule has 0 aliphatic heterocycles. The van der Waals surface area contributed by atoms with Crippen molar-refractivity contribution in [1.29, 1.82) is 0 Å². The fourth-order valence-electron chi connectivity index (χ4n) is 1.19. The molecule has 0 spiro atoms. The van der Waals surface area contributed by atoms with Crippen molar-refractivity contribution in [3.63, 3.8) is 0 Å². The first-order chi connectivity index (χ1) is 5.81. The molecule has 58 valence electrons. The Hall–Kier alpha value is -1.82. The van der Waals surface area contributed by atoms with E-state index in [0.717, 1.165) is 11.0 Å². The van der Waals surface area contributed by atoms with Gasteiger partial charge in [-0.2, -0.15) is 0 Å². The summed E-state index contributed by atoms with van der Waals surface area (Å²) in [6.07, 6.45) is 1.75. The summed E-state index contributed by atoms with van der Waals surface area (Å²) >= 11 is 0. The quantitative estimate of drug-likeness (QED) is 0.537. The van der Waals surface area contributed by atoms with Crippen LogP contribution in [0.1, 0.15) is 0 Å². The minimum Gasteiger partial charge on any atom is -0.334 e. The Kier molecular flexibility index (Phi) is 1.34. The second-order valence-corrected chi connectivity index (χ2v) is 2.64. The van der Waals surface area contributed by atoms with Gasteiger partial charge in [0.05, 0.1) is 23.9 Å². The third-order valence-corrected chi connectivity index (χ3v) is 1.84. The van der Waals surface area contributed by atoms with Crippen LogP contribution in [-0.4, -0.2) is 9.55 Å². The number of fused-ring (bicyclic) bond motifs is 1. The van der Waals surface area contributed by atoms with Crippen LogP contribution in [0.25, 0.3) is 15.9 Å². The van der Waals surface area contributed by atoms with E-state index in [2.05, 4.69) is 9.83 Å². The van der Waals surface area contributed by atoms with Gasteiger partial charge >= 0.3 is 0 Å². The van der Waals surface area contributed by atoms with Gasteiger partial charge < -0.3 is 4.57 Å². The zero-order valence-corrected chi connectivity index (χ0v) is 6.65. The van der Waals surface area contributed by atoms with Gasteiger partial charge in [0.25, 0.3) is 0 Å². The molecule has 0 N–H and O–H groups in total. The molecule has 0 saturated heterocycles. The summed E-state index contributed by atoms with van der Waals surface area (Å²) in [4.78, 5) is 7.48. The average molecular weight is 157 g/mol. The molecule has 1 heterocycles. The Balaban J connectivity index is 2.80. The molecule has 1 aromatic carbocycles. The van der Waals surface area contributed by atoms with Gasteiger partial charge in [0.1, 0.15) is 0 Å². The predicted molar refractivity (Wildman–Crippen MR) is 47.0 cm³/mol. The van der Waals surface area contributed by atoms with Gasteiger partial charge in [-0.3, -0.25) is 0 Å². The highest BCUT2D eigenvalue weighted by molar-refractivity contribution is 5.79. The molecule has 2 aromatic rings. The van der Waals surface area contributed by atoms with Crippen molar-refractivity contribution in [2.45, 2.75) is 0 Å². The molecular formula is C9H7N3. The lowest BCUT2D eigenvalue weighted by molar-refractivity contribution is 0.948. The number of aromatic nitrogens is 2. The van der Waals surface area contributed by atoms with Crippen molar-refractivity contribution >= 4 is 16.7 Å². The molecule has 3 heteroatoms. The van der Waals surface area contributed by atoms with E-state index in [1.807, 2.05) is 17.7 Å². The number of benzene rings is 1. The summed E-state index contributed by atoms with van der Waals surface area (Å²) in [6, 6.07) is 5.51. The third-order valence-electron chi connectivity index (χ3n) is 1.84. The summed E-state index contributed by atoms with van der Waals surface area (Å²) in [7, 11) is 1.94. The summed E-state index contributed by atoms with van der Waals surface area (Å²) < 4.78 is 1.93. The highest BCUT2D eigenvalue weighted by Gasteiger charge is 1.99. The van der Waals surface area contributed by atoms with Gasteiger partial charge in [-0.05, 0) is 12.1 Å². The van der Waals surface area contributed by atoms with E-state index in [4.69, 9.17) is 6.57 Å². The molecule has 0 bridgehead atoms. The number of aryl methyl sites for hydroxylation is 1. The van der Waals surface area contributed by atoms with Crippen LogP contribution in [0.15, 0.2) is 24.5 Å². The molecular weight excluding hydrogens is 150 g/mol. The molecule has 1 aromatic heterocycles. The van der Waals surface area contributed by atoms with Crippen molar-refractivity contribution in [2.75, 3.05) is 0 Å². The zero-order chi connectivity index (χ0) is 8.55. The fourth-order valence-corrected chi connectivity index (χ4v) is 1.19. The van der Waals surface area contributed by atoms with Gasteiger partial charge in [0.2, 0.25) is 0 Å². The second kappa shape index (κ2) is 2.35. The lowest BCUT2D eigenvalue weighted by Gasteiger charge is -1.92. The second-order valence-electron chi connectivity index (χ2n) is 2.64. The SMILES string of the molecule is [C-]#[N+]c1ccc2c(c1)ncn2C. The smallest absolute Gasteiger partial charge is 0.189 e. The molecule has 0 radical (unpaired) electrons. The average Bonchev–Trinajstić information content (AvgIpc) is 2.47. The minimum absolute atomic E-state index is 0.640. The Bertz CT molecular complexity index is 462. The molecule has 0 atom stereocenters. The molecule has 2 rings (SSSR count). The topological polar surface area (TPSA) is 22.2 Å². The van der Waals surface area contributed by atoms with Crippen LogP contribution in [0.3, 0.4) is 0 Å². The van der Waals surface area contributed by atoms with Crippen molar-refractivity contribution in [2.24, 2.45) is 7.05 Å². The van der Waals surface area contributed by atoms with Crippen LogP contribution >= 0.6 is 0 Å². The molecule has 0 amide bonds. The van der Waals surface area contributed by atoms with Gasteiger partial charge in [0.15, 0.2) is 5.69 Å². The highest BCUT2D eigenvalue weighted by Crippen LogP contribution is 2.19. The fraction of sp³-hybridized carbons (Fsp3) is 0.111.